The smallest absolute Gasteiger partial charge is 0.132 e. The first kappa shape index (κ1) is 14.8. The van der Waals surface area contributed by atoms with Gasteiger partial charge in [-0.2, -0.15) is 0 Å². The molecule has 1 aliphatic heterocycles. The van der Waals surface area contributed by atoms with Crippen LogP contribution in [0, 0.1) is 0 Å². The molecule has 2 nitrogen and oxygen atoms in total. The van der Waals surface area contributed by atoms with Gasteiger partial charge in [-0.15, -0.1) is 11.8 Å². The van der Waals surface area contributed by atoms with Crippen molar-refractivity contribution in [1.82, 2.24) is 4.90 Å². The van der Waals surface area contributed by atoms with Crippen LogP contribution in [0.2, 0.25) is 5.02 Å². The summed E-state index contributed by atoms with van der Waals surface area (Å²) in [6.07, 6.45) is 0. The largest absolute Gasteiger partial charge is 0.457 e. The highest BCUT2D eigenvalue weighted by atomic mass is 35.5. The zero-order valence-corrected chi connectivity index (χ0v) is 13.7. The van der Waals surface area contributed by atoms with Crippen molar-refractivity contribution in [3.05, 3.63) is 58.6 Å². The summed E-state index contributed by atoms with van der Waals surface area (Å²) in [4.78, 5) is 2.21. The zero-order chi connectivity index (χ0) is 14.8. The standard InChI is InChI=1S/C17H18ClNOS/c1-19(2)9-10-21-17-13-5-3-4-6-15(13)20-16-8-7-12(18)11-14(16)17/h3-8,11,17H,9-10H2,1-2H3. The van der Waals surface area contributed by atoms with Crippen molar-refractivity contribution < 1.29 is 4.74 Å². The Hall–Kier alpha value is -1.16. The van der Waals surface area contributed by atoms with E-state index < -0.39 is 0 Å². The highest BCUT2D eigenvalue weighted by Crippen LogP contribution is 2.49. The number of hydrogen-bond acceptors (Lipinski definition) is 3. The maximum Gasteiger partial charge on any atom is 0.132 e. The highest BCUT2D eigenvalue weighted by molar-refractivity contribution is 7.99. The number of thioether (sulfide) groups is 1. The van der Waals surface area contributed by atoms with Gasteiger partial charge in [0.2, 0.25) is 0 Å². The molecule has 0 spiro atoms. The van der Waals surface area contributed by atoms with Gasteiger partial charge in [0, 0.05) is 28.4 Å². The third kappa shape index (κ3) is 3.20. The van der Waals surface area contributed by atoms with Crippen molar-refractivity contribution in [2.45, 2.75) is 5.25 Å². The second-order valence-electron chi connectivity index (χ2n) is 5.38. The Kier molecular flexibility index (Phi) is 4.43. The van der Waals surface area contributed by atoms with Gasteiger partial charge in [0.25, 0.3) is 0 Å². The lowest BCUT2D eigenvalue weighted by molar-refractivity contribution is 0.437. The minimum Gasteiger partial charge on any atom is -0.457 e. The van der Waals surface area contributed by atoms with Crippen LogP contribution in [0.3, 0.4) is 0 Å². The molecule has 0 aromatic heterocycles. The molecule has 4 heteroatoms. The number of fused-ring (bicyclic) bond motifs is 2. The van der Waals surface area contributed by atoms with Gasteiger partial charge in [-0.1, -0.05) is 29.8 Å². The summed E-state index contributed by atoms with van der Waals surface area (Å²) in [7, 11) is 4.20. The van der Waals surface area contributed by atoms with Crippen molar-refractivity contribution in [3.63, 3.8) is 0 Å². The van der Waals surface area contributed by atoms with Crippen molar-refractivity contribution in [2.75, 3.05) is 26.4 Å². The minimum absolute atomic E-state index is 0.281. The van der Waals surface area contributed by atoms with E-state index in [0.29, 0.717) is 0 Å². The first-order chi connectivity index (χ1) is 10.1. The molecule has 2 aromatic carbocycles. The molecule has 0 radical (unpaired) electrons. The van der Waals surface area contributed by atoms with Gasteiger partial charge in [0.15, 0.2) is 0 Å². The molecule has 0 amide bonds. The molecule has 1 heterocycles. The van der Waals surface area contributed by atoms with Gasteiger partial charge in [-0.25, -0.2) is 0 Å². The maximum absolute atomic E-state index is 6.18. The van der Waals surface area contributed by atoms with Gasteiger partial charge < -0.3 is 9.64 Å². The van der Waals surface area contributed by atoms with Crippen LogP contribution in [-0.2, 0) is 0 Å². The van der Waals surface area contributed by atoms with Crippen molar-refractivity contribution in [2.24, 2.45) is 0 Å². The van der Waals surface area contributed by atoms with E-state index >= 15 is 0 Å². The summed E-state index contributed by atoms with van der Waals surface area (Å²) in [6.45, 7) is 1.06. The molecule has 21 heavy (non-hydrogen) atoms. The van der Waals surface area contributed by atoms with Gasteiger partial charge in [0.1, 0.15) is 11.5 Å². The SMILES string of the molecule is CN(C)CCSC1c2ccccc2Oc2ccc(Cl)cc21. The number of hydrogen-bond donors (Lipinski definition) is 0. The number of ether oxygens (including phenoxy) is 1. The van der Waals surface area contributed by atoms with Crippen LogP contribution in [0.4, 0.5) is 0 Å². The molecule has 1 atom stereocenters. The van der Waals surface area contributed by atoms with Crippen LogP contribution in [0.15, 0.2) is 42.5 Å². The molecule has 0 saturated heterocycles. The number of halogens is 1. The van der Waals surface area contributed by atoms with Gasteiger partial charge in [0.05, 0.1) is 5.25 Å². The third-order valence-electron chi connectivity index (χ3n) is 3.50. The number of para-hydroxylation sites is 1. The molecular weight excluding hydrogens is 302 g/mol. The van der Waals surface area contributed by atoms with E-state index in [1.54, 1.807) is 0 Å². The van der Waals surface area contributed by atoms with Crippen LogP contribution in [0.1, 0.15) is 16.4 Å². The van der Waals surface area contributed by atoms with Crippen molar-refractivity contribution in [1.29, 1.82) is 0 Å². The number of nitrogens with zero attached hydrogens (tertiary/aromatic N) is 1. The topological polar surface area (TPSA) is 12.5 Å². The molecule has 0 bridgehead atoms. The summed E-state index contributed by atoms with van der Waals surface area (Å²) in [5, 5.41) is 1.04. The predicted octanol–water partition coefficient (Wildman–Crippen LogP) is 4.83. The highest BCUT2D eigenvalue weighted by Gasteiger charge is 2.27. The molecule has 3 rings (SSSR count). The average molecular weight is 320 g/mol. The molecule has 0 aliphatic carbocycles. The van der Waals surface area contributed by atoms with Crippen molar-refractivity contribution >= 4 is 23.4 Å². The lowest BCUT2D eigenvalue weighted by atomic mass is 10.00. The monoisotopic (exact) mass is 319 g/mol. The molecule has 2 aromatic rings. The average Bonchev–Trinajstić information content (AvgIpc) is 2.46. The fourth-order valence-corrected chi connectivity index (χ4v) is 4.05. The summed E-state index contributed by atoms with van der Waals surface area (Å²) in [5.41, 5.74) is 2.40. The second kappa shape index (κ2) is 6.30. The molecule has 1 unspecified atom stereocenters. The van der Waals surface area contributed by atoms with Crippen LogP contribution in [0.25, 0.3) is 0 Å². The molecule has 0 N–H and O–H groups in total. The third-order valence-corrected chi connectivity index (χ3v) is 4.99. The first-order valence-corrected chi connectivity index (χ1v) is 8.40. The van der Waals surface area contributed by atoms with Crippen LogP contribution in [-0.4, -0.2) is 31.3 Å². The Morgan fingerprint density at radius 1 is 1.10 bits per heavy atom. The Labute approximate surface area is 135 Å². The van der Waals surface area contributed by atoms with E-state index in [0.717, 1.165) is 28.8 Å². The van der Waals surface area contributed by atoms with E-state index in [4.69, 9.17) is 16.3 Å². The van der Waals surface area contributed by atoms with E-state index in [1.807, 2.05) is 42.1 Å². The number of rotatable bonds is 4. The van der Waals surface area contributed by atoms with Crippen LogP contribution in [0.5, 0.6) is 11.5 Å². The quantitative estimate of drug-likeness (QED) is 0.801. The fourth-order valence-electron chi connectivity index (χ4n) is 2.43. The van der Waals surface area contributed by atoms with Gasteiger partial charge in [-0.05, 0) is 38.4 Å². The van der Waals surface area contributed by atoms with E-state index in [2.05, 4.69) is 31.1 Å². The predicted molar refractivity (Wildman–Crippen MR) is 90.8 cm³/mol. The minimum atomic E-state index is 0.281. The Bertz CT molecular complexity index is 644. The van der Waals surface area contributed by atoms with E-state index in [1.165, 1.54) is 11.1 Å². The Morgan fingerprint density at radius 3 is 2.67 bits per heavy atom. The van der Waals surface area contributed by atoms with Crippen LogP contribution >= 0.6 is 23.4 Å². The lowest BCUT2D eigenvalue weighted by Crippen LogP contribution is -2.16. The lowest BCUT2D eigenvalue weighted by Gasteiger charge is -2.28. The first-order valence-electron chi connectivity index (χ1n) is 6.97. The van der Waals surface area contributed by atoms with Gasteiger partial charge in [-0.3, -0.25) is 0 Å². The molecular formula is C17H18ClNOS. The second-order valence-corrected chi connectivity index (χ2v) is 7.03. The van der Waals surface area contributed by atoms with Crippen molar-refractivity contribution in [3.8, 4) is 11.5 Å². The van der Waals surface area contributed by atoms with Gasteiger partial charge >= 0.3 is 0 Å². The summed E-state index contributed by atoms with van der Waals surface area (Å²) in [6, 6.07) is 14.1. The molecule has 110 valence electrons. The maximum atomic E-state index is 6.18. The number of benzene rings is 2. The van der Waals surface area contributed by atoms with E-state index in [-0.39, 0.29) is 5.25 Å². The molecule has 0 fully saturated rings. The Balaban J connectivity index is 1.94. The Morgan fingerprint density at radius 2 is 1.86 bits per heavy atom. The van der Waals surface area contributed by atoms with Crippen LogP contribution < -0.4 is 4.74 Å². The zero-order valence-electron chi connectivity index (χ0n) is 12.2. The fraction of sp³-hybridized carbons (Fsp3) is 0.294. The summed E-state index contributed by atoms with van der Waals surface area (Å²) >= 11 is 8.12. The summed E-state index contributed by atoms with van der Waals surface area (Å²) < 4.78 is 6.01. The normalized spacial score (nSPS) is 16.3. The molecule has 0 saturated carbocycles. The molecule has 1 aliphatic rings. The summed E-state index contributed by atoms with van der Waals surface area (Å²) in [5.74, 6) is 2.94. The van der Waals surface area contributed by atoms with E-state index in [9.17, 15) is 0 Å².